The average molecular weight is 478 g/mol. The predicted octanol–water partition coefficient (Wildman–Crippen LogP) is 4.89. The van der Waals surface area contributed by atoms with Gasteiger partial charge >= 0.3 is 6.36 Å². The standard InChI is InChI=1S/C22H21F3N4O3S/c1-13(2)28-33(30,31)16-7-9-19(27-12-16)21-18(11-26)17-8-6-15(32-22(23,24)25)10-20(17)29(21)14-4-3-5-14/h6-10,12-14,28H,3-5H2,1-2H3. The van der Waals surface area contributed by atoms with E-state index >= 15 is 0 Å². The maximum atomic E-state index is 12.8. The number of pyridine rings is 1. The van der Waals surface area contributed by atoms with Crippen LogP contribution in [0.4, 0.5) is 13.2 Å². The van der Waals surface area contributed by atoms with Crippen LogP contribution in [0, 0.1) is 11.3 Å². The lowest BCUT2D eigenvalue weighted by Gasteiger charge is -2.30. The number of alkyl halides is 3. The van der Waals surface area contributed by atoms with Crippen molar-refractivity contribution < 1.29 is 26.3 Å². The summed E-state index contributed by atoms with van der Waals surface area (Å²) in [6, 6.07) is 8.61. The van der Waals surface area contributed by atoms with Gasteiger partial charge in [0.1, 0.15) is 16.7 Å². The molecule has 0 unspecified atom stereocenters. The molecule has 1 N–H and O–H groups in total. The Balaban J connectivity index is 1.87. The Kier molecular flexibility index (Phi) is 5.84. The molecular weight excluding hydrogens is 457 g/mol. The number of nitrogens with one attached hydrogen (secondary N) is 1. The van der Waals surface area contributed by atoms with E-state index in [1.807, 2.05) is 4.57 Å². The number of fused-ring (bicyclic) bond motifs is 1. The fourth-order valence-corrected chi connectivity index (χ4v) is 5.13. The Labute approximate surface area is 188 Å². The fraction of sp³-hybridized carbons (Fsp3) is 0.364. The SMILES string of the molecule is CC(C)NS(=O)(=O)c1ccc(-c2c(C#N)c3ccc(OC(F)(F)F)cc3n2C2CCC2)nc1. The van der Waals surface area contributed by atoms with E-state index in [1.54, 1.807) is 13.8 Å². The number of hydrogen-bond donors (Lipinski definition) is 1. The van der Waals surface area contributed by atoms with Gasteiger partial charge < -0.3 is 9.30 Å². The zero-order valence-corrected chi connectivity index (χ0v) is 18.7. The summed E-state index contributed by atoms with van der Waals surface area (Å²) >= 11 is 0. The predicted molar refractivity (Wildman–Crippen MR) is 115 cm³/mol. The molecule has 1 aromatic carbocycles. The third-order valence-electron chi connectivity index (χ3n) is 5.44. The first kappa shape index (κ1) is 23.1. The van der Waals surface area contributed by atoms with Crippen molar-refractivity contribution >= 4 is 20.9 Å². The van der Waals surface area contributed by atoms with E-state index in [0.717, 1.165) is 19.3 Å². The fourth-order valence-electron chi connectivity index (χ4n) is 3.93. The van der Waals surface area contributed by atoms with Crippen LogP contribution in [0.3, 0.4) is 0 Å². The van der Waals surface area contributed by atoms with Crippen LogP contribution in [0.15, 0.2) is 41.4 Å². The number of sulfonamides is 1. The summed E-state index contributed by atoms with van der Waals surface area (Å²) in [6.45, 7) is 3.40. The number of aromatic nitrogens is 2. The van der Waals surface area contributed by atoms with Gasteiger partial charge in [-0.25, -0.2) is 13.1 Å². The maximum Gasteiger partial charge on any atom is 0.573 e. The zero-order chi connectivity index (χ0) is 24.0. The van der Waals surface area contributed by atoms with Crippen molar-refractivity contribution in [2.24, 2.45) is 0 Å². The van der Waals surface area contributed by atoms with Crippen molar-refractivity contribution in [3.63, 3.8) is 0 Å². The average Bonchev–Trinajstić information content (AvgIpc) is 2.98. The summed E-state index contributed by atoms with van der Waals surface area (Å²) in [5.41, 5.74) is 1.51. The first-order chi connectivity index (χ1) is 15.5. The normalized spacial score (nSPS) is 14.9. The lowest BCUT2D eigenvalue weighted by molar-refractivity contribution is -0.274. The molecule has 0 spiro atoms. The molecule has 4 rings (SSSR count). The van der Waals surface area contributed by atoms with Gasteiger partial charge in [0.05, 0.1) is 22.5 Å². The molecule has 0 saturated heterocycles. The first-order valence-electron chi connectivity index (χ1n) is 10.3. The number of nitrogens with zero attached hydrogens (tertiary/aromatic N) is 3. The van der Waals surface area contributed by atoms with E-state index in [0.29, 0.717) is 22.3 Å². The highest BCUT2D eigenvalue weighted by atomic mass is 32.2. The molecule has 11 heteroatoms. The molecule has 1 aliphatic carbocycles. The van der Waals surface area contributed by atoms with E-state index in [4.69, 9.17) is 0 Å². The molecule has 0 radical (unpaired) electrons. The third kappa shape index (κ3) is 4.54. The molecule has 1 saturated carbocycles. The quantitative estimate of drug-likeness (QED) is 0.544. The number of halogens is 3. The Hall–Kier alpha value is -3.10. The van der Waals surface area contributed by atoms with Crippen LogP contribution in [0.5, 0.6) is 5.75 Å². The molecule has 0 atom stereocenters. The van der Waals surface area contributed by atoms with Crippen molar-refractivity contribution in [2.75, 3.05) is 0 Å². The lowest BCUT2D eigenvalue weighted by Crippen LogP contribution is -2.30. The van der Waals surface area contributed by atoms with Crippen LogP contribution in [-0.2, 0) is 10.0 Å². The summed E-state index contributed by atoms with van der Waals surface area (Å²) in [4.78, 5) is 4.28. The molecule has 2 heterocycles. The highest BCUT2D eigenvalue weighted by Crippen LogP contribution is 2.43. The molecule has 174 valence electrons. The highest BCUT2D eigenvalue weighted by Gasteiger charge is 2.33. The molecule has 3 aromatic rings. The Bertz CT molecular complexity index is 1340. The zero-order valence-electron chi connectivity index (χ0n) is 17.8. The van der Waals surface area contributed by atoms with Crippen LogP contribution in [-0.4, -0.2) is 30.4 Å². The van der Waals surface area contributed by atoms with Gasteiger partial charge in [-0.05, 0) is 57.4 Å². The minimum atomic E-state index is -4.84. The van der Waals surface area contributed by atoms with Crippen LogP contribution in [0.25, 0.3) is 22.3 Å². The van der Waals surface area contributed by atoms with Crippen molar-refractivity contribution in [3.05, 3.63) is 42.1 Å². The second-order valence-electron chi connectivity index (χ2n) is 8.17. The number of hydrogen-bond acceptors (Lipinski definition) is 5. The summed E-state index contributed by atoms with van der Waals surface area (Å²) in [7, 11) is -3.75. The Morgan fingerprint density at radius 2 is 1.97 bits per heavy atom. The molecular formula is C22H21F3N4O3S. The summed E-state index contributed by atoms with van der Waals surface area (Å²) < 4.78 is 71.5. The van der Waals surface area contributed by atoms with Crippen LogP contribution < -0.4 is 9.46 Å². The molecule has 7 nitrogen and oxygen atoms in total. The van der Waals surface area contributed by atoms with Crippen LogP contribution in [0.1, 0.15) is 44.7 Å². The number of benzene rings is 1. The molecule has 0 bridgehead atoms. The molecule has 2 aromatic heterocycles. The number of nitriles is 1. The van der Waals surface area contributed by atoms with Crippen molar-refractivity contribution in [3.8, 4) is 23.2 Å². The van der Waals surface area contributed by atoms with Crippen LogP contribution >= 0.6 is 0 Å². The van der Waals surface area contributed by atoms with Crippen molar-refractivity contribution in [1.82, 2.24) is 14.3 Å². The smallest absolute Gasteiger partial charge is 0.406 e. The maximum absolute atomic E-state index is 12.8. The van der Waals surface area contributed by atoms with Crippen LogP contribution in [0.2, 0.25) is 0 Å². The number of rotatable bonds is 6. The highest BCUT2D eigenvalue weighted by molar-refractivity contribution is 7.89. The molecule has 0 amide bonds. The summed E-state index contributed by atoms with van der Waals surface area (Å²) in [5, 5.41) is 10.4. The van der Waals surface area contributed by atoms with Gasteiger partial charge in [0.2, 0.25) is 10.0 Å². The molecule has 33 heavy (non-hydrogen) atoms. The monoisotopic (exact) mass is 478 g/mol. The van der Waals surface area contributed by atoms with Gasteiger partial charge in [-0.15, -0.1) is 13.2 Å². The van der Waals surface area contributed by atoms with Gasteiger partial charge in [0, 0.05) is 29.7 Å². The minimum absolute atomic E-state index is 0.0152. The Morgan fingerprint density at radius 3 is 2.48 bits per heavy atom. The second-order valence-corrected chi connectivity index (χ2v) is 9.89. The molecule has 0 aliphatic heterocycles. The molecule has 1 fully saturated rings. The van der Waals surface area contributed by atoms with Gasteiger partial charge in [-0.2, -0.15) is 5.26 Å². The van der Waals surface area contributed by atoms with E-state index in [9.17, 15) is 26.9 Å². The Morgan fingerprint density at radius 1 is 1.24 bits per heavy atom. The minimum Gasteiger partial charge on any atom is -0.406 e. The second kappa shape index (κ2) is 8.35. The van der Waals surface area contributed by atoms with E-state index < -0.39 is 16.4 Å². The van der Waals surface area contributed by atoms with Gasteiger partial charge in [-0.1, -0.05) is 0 Å². The first-order valence-corrected chi connectivity index (χ1v) is 11.8. The van der Waals surface area contributed by atoms with Gasteiger partial charge in [0.15, 0.2) is 0 Å². The largest absolute Gasteiger partial charge is 0.573 e. The topological polar surface area (TPSA) is 97.0 Å². The van der Waals surface area contributed by atoms with Crippen molar-refractivity contribution in [2.45, 2.75) is 56.5 Å². The van der Waals surface area contributed by atoms with Crippen molar-refractivity contribution in [1.29, 1.82) is 5.26 Å². The molecule has 1 aliphatic rings. The van der Waals surface area contributed by atoms with E-state index in [2.05, 4.69) is 20.5 Å². The lowest BCUT2D eigenvalue weighted by atomic mass is 9.92. The van der Waals surface area contributed by atoms with E-state index in [-0.39, 0.29) is 28.3 Å². The summed E-state index contributed by atoms with van der Waals surface area (Å²) in [6.07, 6.45) is -1.07. The number of ether oxygens (including phenoxy) is 1. The van der Waals surface area contributed by atoms with Gasteiger partial charge in [-0.3, -0.25) is 4.98 Å². The van der Waals surface area contributed by atoms with Gasteiger partial charge in [0.25, 0.3) is 0 Å². The third-order valence-corrected chi connectivity index (χ3v) is 7.08. The summed E-state index contributed by atoms with van der Waals surface area (Å²) in [5.74, 6) is -0.377. The van der Waals surface area contributed by atoms with E-state index in [1.165, 1.54) is 36.5 Å².